The van der Waals surface area contributed by atoms with Gasteiger partial charge in [0.05, 0.1) is 42.7 Å². The summed E-state index contributed by atoms with van der Waals surface area (Å²) in [5, 5.41) is 0. The SMILES string of the molecule is CCOC(=O)C1=C(c2ccccc2)N=c2s/c(=C/c3cc(OC)ccc3OC)c(=O)n2[C@H]1c1ccc(SC)cc1. The van der Waals surface area contributed by atoms with Crippen LogP contribution < -0.4 is 24.4 Å². The number of esters is 1. The van der Waals surface area contributed by atoms with E-state index in [9.17, 15) is 9.59 Å². The average molecular weight is 573 g/mol. The molecule has 1 aliphatic heterocycles. The van der Waals surface area contributed by atoms with Crippen LogP contribution in [-0.2, 0) is 9.53 Å². The maximum Gasteiger partial charge on any atom is 0.338 e. The molecule has 0 saturated heterocycles. The molecule has 5 rings (SSSR count). The number of aromatic nitrogens is 1. The maximum absolute atomic E-state index is 14.1. The third-order valence-electron chi connectivity index (χ3n) is 6.53. The molecule has 40 heavy (non-hydrogen) atoms. The number of ether oxygens (including phenoxy) is 3. The summed E-state index contributed by atoms with van der Waals surface area (Å²) in [7, 11) is 3.17. The van der Waals surface area contributed by atoms with Crippen molar-refractivity contribution in [2.75, 3.05) is 27.1 Å². The van der Waals surface area contributed by atoms with E-state index < -0.39 is 12.0 Å². The molecule has 0 amide bonds. The Labute approximate surface area is 240 Å². The lowest BCUT2D eigenvalue weighted by Crippen LogP contribution is -2.40. The molecule has 1 aromatic heterocycles. The van der Waals surface area contributed by atoms with E-state index in [-0.39, 0.29) is 12.2 Å². The normalized spacial score (nSPS) is 14.9. The van der Waals surface area contributed by atoms with Gasteiger partial charge in [-0.25, -0.2) is 9.79 Å². The standard InChI is InChI=1S/C31H28N2O5S2/c1-5-38-30(35)26-27(19-9-7-6-8-10-19)32-31-33(28(26)20-11-14-23(39-4)15-12-20)29(34)25(40-31)18-21-17-22(36-2)13-16-24(21)37-3/h6-18,28H,5H2,1-4H3/b25-18+/t28-/m0/s1. The van der Waals surface area contributed by atoms with Gasteiger partial charge in [-0.2, -0.15) is 0 Å². The molecule has 0 spiro atoms. The van der Waals surface area contributed by atoms with E-state index in [4.69, 9.17) is 19.2 Å². The number of carbonyl (C=O) groups excluding carboxylic acids is 1. The highest BCUT2D eigenvalue weighted by atomic mass is 32.2. The zero-order chi connectivity index (χ0) is 28.2. The number of thiazole rings is 1. The van der Waals surface area contributed by atoms with Crippen molar-refractivity contribution in [2.24, 2.45) is 4.99 Å². The van der Waals surface area contributed by atoms with Crippen LogP contribution in [0.2, 0.25) is 0 Å². The highest BCUT2D eigenvalue weighted by molar-refractivity contribution is 7.98. The summed E-state index contributed by atoms with van der Waals surface area (Å²) in [6.45, 7) is 1.96. The molecular formula is C31H28N2O5S2. The maximum atomic E-state index is 14.1. The molecule has 7 nitrogen and oxygen atoms in total. The number of carbonyl (C=O) groups is 1. The largest absolute Gasteiger partial charge is 0.497 e. The zero-order valence-corrected chi connectivity index (χ0v) is 24.2. The van der Waals surface area contributed by atoms with Crippen molar-refractivity contribution in [1.29, 1.82) is 0 Å². The fourth-order valence-corrected chi connectivity index (χ4v) is 6.04. The van der Waals surface area contributed by atoms with Gasteiger partial charge in [0, 0.05) is 16.0 Å². The minimum atomic E-state index is -0.726. The zero-order valence-electron chi connectivity index (χ0n) is 22.5. The molecule has 204 valence electrons. The van der Waals surface area contributed by atoms with Gasteiger partial charge in [-0.05, 0) is 55.2 Å². The molecule has 0 bridgehead atoms. The Morgan fingerprint density at radius 3 is 2.45 bits per heavy atom. The second-order valence-electron chi connectivity index (χ2n) is 8.81. The Bertz CT molecular complexity index is 1760. The number of methoxy groups -OCH3 is 2. The van der Waals surface area contributed by atoms with Crippen LogP contribution in [0.5, 0.6) is 11.5 Å². The summed E-state index contributed by atoms with van der Waals surface area (Å²) < 4.78 is 18.5. The van der Waals surface area contributed by atoms with Crippen molar-refractivity contribution in [1.82, 2.24) is 4.57 Å². The monoisotopic (exact) mass is 572 g/mol. The second kappa shape index (κ2) is 12.0. The van der Waals surface area contributed by atoms with Gasteiger partial charge in [0.1, 0.15) is 11.5 Å². The second-order valence-corrected chi connectivity index (χ2v) is 10.7. The first-order valence-corrected chi connectivity index (χ1v) is 14.7. The van der Waals surface area contributed by atoms with E-state index in [1.807, 2.05) is 66.9 Å². The summed E-state index contributed by atoms with van der Waals surface area (Å²) in [6, 6.07) is 22.1. The molecule has 0 fully saturated rings. The number of hydrogen-bond acceptors (Lipinski definition) is 8. The van der Waals surface area contributed by atoms with Crippen LogP contribution in [0.3, 0.4) is 0 Å². The molecule has 1 atom stereocenters. The van der Waals surface area contributed by atoms with Crippen LogP contribution >= 0.6 is 23.1 Å². The Morgan fingerprint density at radius 2 is 1.80 bits per heavy atom. The summed E-state index contributed by atoms with van der Waals surface area (Å²) in [5.41, 5.74) is 2.80. The van der Waals surface area contributed by atoms with Crippen LogP contribution in [-0.4, -0.2) is 37.6 Å². The first-order chi connectivity index (χ1) is 19.5. The summed E-state index contributed by atoms with van der Waals surface area (Å²) in [4.78, 5) is 34.1. The molecule has 1 aliphatic rings. The van der Waals surface area contributed by atoms with Gasteiger partial charge >= 0.3 is 5.97 Å². The van der Waals surface area contributed by atoms with Gasteiger partial charge in [0.25, 0.3) is 5.56 Å². The lowest BCUT2D eigenvalue weighted by atomic mass is 9.93. The minimum Gasteiger partial charge on any atom is -0.497 e. The summed E-state index contributed by atoms with van der Waals surface area (Å²) >= 11 is 2.88. The molecule has 4 aromatic rings. The molecule has 3 aromatic carbocycles. The van der Waals surface area contributed by atoms with Crippen LogP contribution in [0.25, 0.3) is 11.8 Å². The number of hydrogen-bond donors (Lipinski definition) is 0. The first kappa shape index (κ1) is 27.5. The highest BCUT2D eigenvalue weighted by Gasteiger charge is 2.35. The quantitative estimate of drug-likeness (QED) is 0.226. The van der Waals surface area contributed by atoms with Crippen molar-refractivity contribution >= 4 is 40.8 Å². The molecule has 0 aliphatic carbocycles. The average Bonchev–Trinajstić information content (AvgIpc) is 3.31. The van der Waals surface area contributed by atoms with Crippen molar-refractivity contribution in [3.8, 4) is 11.5 Å². The summed E-state index contributed by atoms with van der Waals surface area (Å²) in [6.07, 6.45) is 3.78. The molecule has 0 radical (unpaired) electrons. The fraction of sp³-hybridized carbons (Fsp3) is 0.194. The smallest absolute Gasteiger partial charge is 0.338 e. The Balaban J connectivity index is 1.82. The number of nitrogens with zero attached hydrogens (tertiary/aromatic N) is 2. The first-order valence-electron chi connectivity index (χ1n) is 12.6. The molecule has 9 heteroatoms. The Hall–Kier alpha value is -4.08. The molecule has 0 saturated carbocycles. The van der Waals surface area contributed by atoms with Crippen LogP contribution in [0.1, 0.15) is 29.7 Å². The van der Waals surface area contributed by atoms with E-state index in [0.29, 0.717) is 37.7 Å². The van der Waals surface area contributed by atoms with Gasteiger partial charge in [-0.3, -0.25) is 9.36 Å². The predicted molar refractivity (Wildman–Crippen MR) is 159 cm³/mol. The lowest BCUT2D eigenvalue weighted by Gasteiger charge is -2.26. The number of thioether (sulfide) groups is 1. The topological polar surface area (TPSA) is 79.1 Å². The van der Waals surface area contributed by atoms with Crippen LogP contribution in [0.4, 0.5) is 0 Å². The minimum absolute atomic E-state index is 0.197. The van der Waals surface area contributed by atoms with E-state index in [2.05, 4.69) is 0 Å². The Kier molecular flexibility index (Phi) is 8.23. The number of rotatable bonds is 8. The van der Waals surface area contributed by atoms with E-state index in [1.54, 1.807) is 55.7 Å². The van der Waals surface area contributed by atoms with Crippen molar-refractivity contribution in [2.45, 2.75) is 17.9 Å². The Morgan fingerprint density at radius 1 is 1.05 bits per heavy atom. The molecule has 0 unspecified atom stereocenters. The predicted octanol–water partition coefficient (Wildman–Crippen LogP) is 4.67. The van der Waals surface area contributed by atoms with Gasteiger partial charge < -0.3 is 14.2 Å². The van der Waals surface area contributed by atoms with E-state index in [1.165, 1.54) is 11.3 Å². The van der Waals surface area contributed by atoms with Crippen molar-refractivity contribution < 1.29 is 19.0 Å². The van der Waals surface area contributed by atoms with Crippen molar-refractivity contribution in [3.05, 3.63) is 115 Å². The van der Waals surface area contributed by atoms with Crippen LogP contribution in [0.15, 0.2) is 93.1 Å². The molecular weight excluding hydrogens is 544 g/mol. The number of benzene rings is 3. The van der Waals surface area contributed by atoms with E-state index >= 15 is 0 Å². The van der Waals surface area contributed by atoms with Gasteiger partial charge in [-0.1, -0.05) is 53.8 Å². The van der Waals surface area contributed by atoms with Gasteiger partial charge in [0.2, 0.25) is 0 Å². The third-order valence-corrected chi connectivity index (χ3v) is 8.26. The fourth-order valence-electron chi connectivity index (χ4n) is 4.64. The molecule has 0 N–H and O–H groups in total. The third kappa shape index (κ3) is 5.22. The lowest BCUT2D eigenvalue weighted by molar-refractivity contribution is -0.138. The summed E-state index contributed by atoms with van der Waals surface area (Å²) in [5.74, 6) is 0.739. The van der Waals surface area contributed by atoms with Crippen LogP contribution in [0, 0.1) is 0 Å². The number of fused-ring (bicyclic) bond motifs is 1. The van der Waals surface area contributed by atoms with Crippen molar-refractivity contribution in [3.63, 3.8) is 0 Å². The van der Waals surface area contributed by atoms with Gasteiger partial charge in [-0.15, -0.1) is 11.8 Å². The highest BCUT2D eigenvalue weighted by Crippen LogP contribution is 2.35. The molecule has 2 heterocycles. The van der Waals surface area contributed by atoms with E-state index in [0.717, 1.165) is 16.0 Å². The van der Waals surface area contributed by atoms with Gasteiger partial charge in [0.15, 0.2) is 4.80 Å².